The molecule has 2 heterocycles. The summed E-state index contributed by atoms with van der Waals surface area (Å²) in [5, 5.41) is 13.3. The van der Waals surface area contributed by atoms with Crippen molar-refractivity contribution >= 4 is 11.7 Å². The number of fused-ring (bicyclic) bond motifs is 1. The number of carboxylic acid groups (broad SMARTS) is 1. The molecule has 3 aliphatic rings. The minimum atomic E-state index is -4.73. The van der Waals surface area contributed by atoms with E-state index in [1.54, 1.807) is 6.92 Å². The lowest BCUT2D eigenvalue weighted by Gasteiger charge is -2.39. The zero-order valence-corrected chi connectivity index (χ0v) is 22.3. The Bertz CT molecular complexity index is 1230. The highest BCUT2D eigenvalue weighted by Crippen LogP contribution is 2.48. The molecule has 2 N–H and O–H groups in total. The Hall–Kier alpha value is -2.75. The highest BCUT2D eigenvalue weighted by molar-refractivity contribution is 5.71. The van der Waals surface area contributed by atoms with Gasteiger partial charge in [-0.1, -0.05) is 19.1 Å². The summed E-state index contributed by atoms with van der Waals surface area (Å²) in [5.41, 5.74) is 0.819. The van der Waals surface area contributed by atoms with Crippen LogP contribution >= 0.6 is 0 Å². The van der Waals surface area contributed by atoms with E-state index in [1.165, 1.54) is 5.56 Å². The fourth-order valence-corrected chi connectivity index (χ4v) is 6.60. The third-order valence-corrected chi connectivity index (χ3v) is 8.98. The van der Waals surface area contributed by atoms with E-state index < -0.39 is 35.4 Å². The third-order valence-electron chi connectivity index (χ3n) is 8.98. The number of likely N-dealkylation sites (tertiary alicyclic amines) is 1. The molecule has 10 heteroatoms. The molecule has 3 atom stereocenters. The molecule has 0 bridgehead atoms. The van der Waals surface area contributed by atoms with Crippen LogP contribution in [0.15, 0.2) is 36.4 Å². The zero-order valence-electron chi connectivity index (χ0n) is 22.3. The summed E-state index contributed by atoms with van der Waals surface area (Å²) < 4.78 is 80.2. The Morgan fingerprint density at radius 1 is 0.975 bits per heavy atom. The lowest BCUT2D eigenvalue weighted by atomic mass is 9.80. The number of aliphatic carboxylic acids is 1. The van der Waals surface area contributed by atoms with Crippen LogP contribution in [0, 0.1) is 17.8 Å². The van der Waals surface area contributed by atoms with Gasteiger partial charge in [0.2, 0.25) is 0 Å². The monoisotopic (exact) mass is 568 g/mol. The summed E-state index contributed by atoms with van der Waals surface area (Å²) >= 11 is 0. The molecular formula is C30H34F6N2O2. The van der Waals surface area contributed by atoms with Gasteiger partial charge in [0.1, 0.15) is 0 Å². The van der Waals surface area contributed by atoms with Crippen LogP contribution in [0.2, 0.25) is 0 Å². The van der Waals surface area contributed by atoms with Crippen LogP contribution < -0.4 is 5.32 Å². The number of nitrogens with zero attached hydrogens (tertiary/aromatic N) is 1. The molecule has 0 aromatic heterocycles. The fraction of sp³-hybridized carbons (Fsp3) is 0.567. The van der Waals surface area contributed by atoms with Gasteiger partial charge in [-0.3, -0.25) is 9.69 Å². The van der Waals surface area contributed by atoms with Crippen LogP contribution in [0.4, 0.5) is 32.0 Å². The first-order chi connectivity index (χ1) is 18.8. The topological polar surface area (TPSA) is 52.6 Å². The first-order valence-corrected chi connectivity index (χ1v) is 13.9. The van der Waals surface area contributed by atoms with E-state index in [0.29, 0.717) is 37.2 Å². The molecule has 0 amide bonds. The van der Waals surface area contributed by atoms with Crippen LogP contribution in [0.25, 0.3) is 0 Å². The van der Waals surface area contributed by atoms with Gasteiger partial charge >= 0.3 is 18.3 Å². The summed E-state index contributed by atoms with van der Waals surface area (Å²) in [6.07, 6.45) is -4.09. The predicted molar refractivity (Wildman–Crippen MR) is 139 cm³/mol. The Labute approximate surface area is 229 Å². The highest BCUT2D eigenvalue weighted by atomic mass is 19.4. The third kappa shape index (κ3) is 6.26. The lowest BCUT2D eigenvalue weighted by molar-refractivity contribution is -0.142. The standard InChI is InChI=1S/C30H34F6N2O2/c1-17(28(39)40)27(20-3-4-20)21-5-2-18-6-9-25(37-26(18)15-21)19-10-12-38(13-11-19)16-22-14-23(29(31,32)33)7-8-24(22)30(34,35)36/h2,5,7-8,14-15,17,19-20,25,27,37H,3-4,6,9-13,16H2,1H3,(H,39,40)/t17-,25?,27-/m0/s1. The van der Waals surface area contributed by atoms with Gasteiger partial charge in [0.05, 0.1) is 17.0 Å². The second-order valence-corrected chi connectivity index (χ2v) is 11.7. The number of aryl methyl sites for hydroxylation is 1. The number of hydrogen-bond acceptors (Lipinski definition) is 3. The first kappa shape index (κ1) is 28.8. The summed E-state index contributed by atoms with van der Waals surface area (Å²) in [6, 6.07) is 8.09. The maximum Gasteiger partial charge on any atom is 0.416 e. The number of halogens is 6. The molecule has 1 unspecified atom stereocenters. The largest absolute Gasteiger partial charge is 0.481 e. The number of carbonyl (C=O) groups is 1. The quantitative estimate of drug-likeness (QED) is 0.338. The van der Waals surface area contributed by atoms with Gasteiger partial charge in [0, 0.05) is 18.3 Å². The second-order valence-electron chi connectivity index (χ2n) is 11.7. The molecule has 4 nitrogen and oxygen atoms in total. The van der Waals surface area contributed by atoms with Crippen molar-refractivity contribution in [3.8, 4) is 0 Å². The Morgan fingerprint density at radius 2 is 1.68 bits per heavy atom. The average Bonchev–Trinajstić information content (AvgIpc) is 3.73. The molecule has 2 aromatic rings. The fourth-order valence-electron chi connectivity index (χ4n) is 6.60. The Morgan fingerprint density at radius 3 is 2.27 bits per heavy atom. The molecule has 0 radical (unpaired) electrons. The van der Waals surface area contributed by atoms with Crippen molar-refractivity contribution in [2.45, 2.75) is 76.3 Å². The summed E-state index contributed by atoms with van der Waals surface area (Å²) in [6.45, 7) is 2.60. The van der Waals surface area contributed by atoms with Crippen molar-refractivity contribution < 1.29 is 36.2 Å². The van der Waals surface area contributed by atoms with Crippen molar-refractivity contribution in [2.75, 3.05) is 18.4 Å². The summed E-state index contributed by atoms with van der Waals surface area (Å²) in [4.78, 5) is 13.5. The molecule has 40 heavy (non-hydrogen) atoms. The van der Waals surface area contributed by atoms with Crippen LogP contribution in [0.5, 0.6) is 0 Å². The Kier molecular flexibility index (Phi) is 7.85. The van der Waals surface area contributed by atoms with E-state index in [-0.39, 0.29) is 30.0 Å². The van der Waals surface area contributed by atoms with E-state index in [4.69, 9.17) is 0 Å². The molecule has 2 aromatic carbocycles. The van der Waals surface area contributed by atoms with E-state index >= 15 is 0 Å². The molecule has 0 spiro atoms. The highest BCUT2D eigenvalue weighted by Gasteiger charge is 2.40. The van der Waals surface area contributed by atoms with Crippen molar-refractivity contribution in [3.05, 3.63) is 64.2 Å². The number of carboxylic acids is 1. The minimum absolute atomic E-state index is 0.0225. The second kappa shape index (κ2) is 10.9. The first-order valence-electron chi connectivity index (χ1n) is 13.9. The number of nitrogens with one attached hydrogen (secondary N) is 1. The molecule has 1 saturated heterocycles. The van der Waals surface area contributed by atoms with Gasteiger partial charge in [0.15, 0.2) is 0 Å². The van der Waals surface area contributed by atoms with E-state index in [1.807, 2.05) is 4.90 Å². The van der Waals surface area contributed by atoms with Gasteiger partial charge in [-0.25, -0.2) is 0 Å². The number of benzene rings is 2. The number of hydrogen-bond donors (Lipinski definition) is 2. The van der Waals surface area contributed by atoms with E-state index in [9.17, 15) is 36.2 Å². The molecule has 5 rings (SSSR count). The number of anilines is 1. The maximum absolute atomic E-state index is 13.5. The number of rotatable bonds is 7. The number of piperidine rings is 1. The summed E-state index contributed by atoms with van der Waals surface area (Å²) in [5.74, 6) is -0.606. The van der Waals surface area contributed by atoms with Crippen LogP contribution in [-0.4, -0.2) is 35.1 Å². The maximum atomic E-state index is 13.5. The van der Waals surface area contributed by atoms with E-state index in [0.717, 1.165) is 49.8 Å². The van der Waals surface area contributed by atoms with Crippen molar-refractivity contribution in [2.24, 2.45) is 17.8 Å². The predicted octanol–water partition coefficient (Wildman–Crippen LogP) is 7.58. The van der Waals surface area contributed by atoms with Crippen molar-refractivity contribution in [3.63, 3.8) is 0 Å². The lowest BCUT2D eigenvalue weighted by Crippen LogP contribution is -2.41. The molecule has 218 valence electrons. The van der Waals surface area contributed by atoms with Crippen molar-refractivity contribution in [1.82, 2.24) is 4.90 Å². The molecular weight excluding hydrogens is 534 g/mol. The van der Waals surface area contributed by atoms with Crippen molar-refractivity contribution in [1.29, 1.82) is 0 Å². The number of alkyl halides is 6. The average molecular weight is 569 g/mol. The Balaban J connectivity index is 1.24. The van der Waals surface area contributed by atoms with Crippen LogP contribution in [0.1, 0.15) is 72.8 Å². The van der Waals surface area contributed by atoms with Gasteiger partial charge in [-0.15, -0.1) is 0 Å². The van der Waals surface area contributed by atoms with Crippen LogP contribution in [0.3, 0.4) is 0 Å². The molecule has 2 fully saturated rings. The van der Waals surface area contributed by atoms with Gasteiger partial charge in [0.25, 0.3) is 0 Å². The van der Waals surface area contributed by atoms with Gasteiger partial charge < -0.3 is 10.4 Å². The summed E-state index contributed by atoms with van der Waals surface area (Å²) in [7, 11) is 0. The minimum Gasteiger partial charge on any atom is -0.481 e. The van der Waals surface area contributed by atoms with Gasteiger partial charge in [-0.2, -0.15) is 26.3 Å². The van der Waals surface area contributed by atoms with Gasteiger partial charge in [-0.05, 0) is 110 Å². The van der Waals surface area contributed by atoms with E-state index in [2.05, 4.69) is 23.5 Å². The SMILES string of the molecule is C[C@H](C(=O)O)[C@H](c1ccc2c(c1)NC(C1CCN(Cc3cc(C(F)(F)F)ccc3C(F)(F)F)CC1)CC2)C1CC1. The molecule has 1 aliphatic carbocycles. The normalized spacial score (nSPS) is 22.3. The molecule has 2 aliphatic heterocycles. The smallest absolute Gasteiger partial charge is 0.416 e. The van der Waals surface area contributed by atoms with Crippen LogP contribution in [-0.2, 0) is 30.1 Å². The zero-order chi connectivity index (χ0) is 28.8. The molecule has 1 saturated carbocycles.